The molecule has 7 nitrogen and oxygen atoms in total. The lowest BCUT2D eigenvalue weighted by Crippen LogP contribution is -2.33. The largest absolute Gasteiger partial charge is 0.447 e. The third-order valence-corrected chi connectivity index (χ3v) is 3.87. The van der Waals surface area contributed by atoms with Gasteiger partial charge in [0, 0.05) is 24.6 Å². The van der Waals surface area contributed by atoms with Crippen molar-refractivity contribution in [2.24, 2.45) is 5.73 Å². The van der Waals surface area contributed by atoms with Gasteiger partial charge in [0.15, 0.2) is 0 Å². The summed E-state index contributed by atoms with van der Waals surface area (Å²) < 4.78 is 5.43. The molecule has 1 saturated carbocycles. The van der Waals surface area contributed by atoms with Crippen molar-refractivity contribution in [1.29, 1.82) is 0 Å². The van der Waals surface area contributed by atoms with Crippen LogP contribution >= 0.6 is 0 Å². The maximum atomic E-state index is 12.4. The van der Waals surface area contributed by atoms with Gasteiger partial charge in [0.2, 0.25) is 6.10 Å². The highest BCUT2D eigenvalue weighted by atomic mass is 16.5. The molecule has 4 N–H and O–H groups in total. The van der Waals surface area contributed by atoms with E-state index < -0.39 is 18.1 Å². The molecule has 1 aromatic carbocycles. The Bertz CT molecular complexity index is 587. The van der Waals surface area contributed by atoms with Crippen molar-refractivity contribution in [2.45, 2.75) is 50.7 Å². The van der Waals surface area contributed by atoms with E-state index in [1.807, 2.05) is 18.2 Å². The number of esters is 1. The zero-order chi connectivity index (χ0) is 18.1. The predicted molar refractivity (Wildman–Crippen MR) is 92.5 cm³/mol. The Kier molecular flexibility index (Phi) is 7.25. The minimum Gasteiger partial charge on any atom is -0.447 e. The van der Waals surface area contributed by atoms with Crippen molar-refractivity contribution in [3.8, 4) is 0 Å². The fourth-order valence-corrected chi connectivity index (χ4v) is 2.38. The molecule has 2 rings (SSSR count). The molecule has 0 saturated heterocycles. The van der Waals surface area contributed by atoms with E-state index >= 15 is 0 Å². The minimum absolute atomic E-state index is 0.204. The van der Waals surface area contributed by atoms with Gasteiger partial charge < -0.3 is 21.1 Å². The van der Waals surface area contributed by atoms with Crippen LogP contribution in [0.2, 0.25) is 0 Å². The smallest absolute Gasteiger partial charge is 0.312 e. The van der Waals surface area contributed by atoms with Gasteiger partial charge in [-0.1, -0.05) is 36.8 Å². The quantitative estimate of drug-likeness (QED) is 0.442. The van der Waals surface area contributed by atoms with Gasteiger partial charge in [0.25, 0.3) is 5.91 Å². The fourth-order valence-electron chi connectivity index (χ4n) is 2.38. The third-order valence-electron chi connectivity index (χ3n) is 3.87. The van der Waals surface area contributed by atoms with Crippen LogP contribution in [0.5, 0.6) is 0 Å². The molecule has 0 heterocycles. The summed E-state index contributed by atoms with van der Waals surface area (Å²) in [6, 6.07) is 8.68. The second-order valence-corrected chi connectivity index (χ2v) is 6.17. The minimum atomic E-state index is -0.911. The van der Waals surface area contributed by atoms with Crippen molar-refractivity contribution >= 4 is 17.9 Å². The Hall–Kier alpha value is -2.57. The van der Waals surface area contributed by atoms with Crippen molar-refractivity contribution in [2.75, 3.05) is 6.54 Å². The molecule has 0 unspecified atom stereocenters. The van der Waals surface area contributed by atoms with E-state index in [1.165, 1.54) is 0 Å². The number of carbonyl (C=O) groups is 3. The Labute approximate surface area is 147 Å². The Morgan fingerprint density at radius 1 is 1.12 bits per heavy atom. The Balaban J connectivity index is 1.78. The zero-order valence-electron chi connectivity index (χ0n) is 14.2. The number of nitrogens with two attached hydrogens (primary N) is 1. The average Bonchev–Trinajstić information content (AvgIpc) is 3.40. The molecule has 25 heavy (non-hydrogen) atoms. The molecular weight excluding hydrogens is 322 g/mol. The van der Waals surface area contributed by atoms with Gasteiger partial charge in [0.1, 0.15) is 0 Å². The molecule has 1 aliphatic carbocycles. The highest BCUT2D eigenvalue weighted by molar-refractivity contribution is 5.85. The van der Waals surface area contributed by atoms with Crippen molar-refractivity contribution < 1.29 is 19.1 Å². The van der Waals surface area contributed by atoms with Gasteiger partial charge in [-0.3, -0.25) is 9.59 Å². The molecule has 0 spiro atoms. The molecule has 1 fully saturated rings. The maximum Gasteiger partial charge on any atom is 0.312 e. The normalized spacial score (nSPS) is 14.4. The number of unbranched alkanes of at least 4 members (excludes halogenated alkanes) is 2. The lowest BCUT2D eigenvalue weighted by molar-refractivity contribution is -0.156. The zero-order valence-corrected chi connectivity index (χ0v) is 14.2. The van der Waals surface area contributed by atoms with E-state index in [-0.39, 0.29) is 18.4 Å². The molecule has 1 atom stereocenters. The van der Waals surface area contributed by atoms with E-state index in [1.54, 1.807) is 12.1 Å². The number of rotatable bonds is 10. The van der Waals surface area contributed by atoms with Crippen LogP contribution in [0.1, 0.15) is 50.2 Å². The van der Waals surface area contributed by atoms with Crippen molar-refractivity contribution in [3.63, 3.8) is 0 Å². The molecular formula is C18H25N3O4. The first-order valence-electron chi connectivity index (χ1n) is 8.64. The van der Waals surface area contributed by atoms with Crippen LogP contribution in [0.25, 0.3) is 0 Å². The molecule has 3 amide bonds. The van der Waals surface area contributed by atoms with Gasteiger partial charge in [-0.2, -0.15) is 0 Å². The van der Waals surface area contributed by atoms with E-state index in [2.05, 4.69) is 10.6 Å². The van der Waals surface area contributed by atoms with Crippen LogP contribution in [0.3, 0.4) is 0 Å². The maximum absolute atomic E-state index is 12.4. The Morgan fingerprint density at radius 2 is 1.84 bits per heavy atom. The highest BCUT2D eigenvalue weighted by Gasteiger charge is 2.30. The second-order valence-electron chi connectivity index (χ2n) is 6.17. The van der Waals surface area contributed by atoms with E-state index in [9.17, 15) is 14.4 Å². The third kappa shape index (κ3) is 7.24. The molecule has 1 aromatic rings. The summed E-state index contributed by atoms with van der Waals surface area (Å²) in [6.45, 7) is 0.487. The lowest BCUT2D eigenvalue weighted by Gasteiger charge is -2.18. The van der Waals surface area contributed by atoms with Crippen LogP contribution in [0.15, 0.2) is 30.3 Å². The molecule has 7 heteroatoms. The van der Waals surface area contributed by atoms with Crippen molar-refractivity contribution in [3.05, 3.63) is 35.9 Å². The van der Waals surface area contributed by atoms with Gasteiger partial charge in [0.05, 0.1) is 0 Å². The number of hydrogen-bond donors (Lipinski definition) is 3. The van der Waals surface area contributed by atoms with Gasteiger partial charge in [-0.25, -0.2) is 4.79 Å². The molecule has 1 aliphatic rings. The molecule has 0 aliphatic heterocycles. The number of urea groups is 1. The Morgan fingerprint density at radius 3 is 2.48 bits per heavy atom. The molecule has 0 bridgehead atoms. The van der Waals surface area contributed by atoms with E-state index in [0.29, 0.717) is 18.5 Å². The standard InChI is InChI=1S/C18H25N3O4/c19-18(24)20-12-6-2-5-9-15(22)25-16(13-7-3-1-4-8-13)17(23)21-14-10-11-14/h1,3-4,7-8,14,16H,2,5-6,9-12H2,(H,21,23)(H3,19,20,24)/t16-/m0/s1. The second kappa shape index (κ2) is 9.66. The molecule has 0 radical (unpaired) electrons. The van der Waals surface area contributed by atoms with Crippen LogP contribution in [0.4, 0.5) is 4.79 Å². The summed E-state index contributed by atoms with van der Waals surface area (Å²) in [4.78, 5) is 35.0. The van der Waals surface area contributed by atoms with Crippen LogP contribution < -0.4 is 16.4 Å². The number of carbonyl (C=O) groups excluding carboxylic acids is 3. The fraction of sp³-hybridized carbons (Fsp3) is 0.500. The SMILES string of the molecule is NC(=O)NCCCCCC(=O)O[C@H](C(=O)NC1CC1)c1ccccc1. The van der Waals surface area contributed by atoms with Crippen LogP contribution in [-0.2, 0) is 14.3 Å². The molecule has 0 aromatic heterocycles. The first kappa shape index (κ1) is 18.8. The van der Waals surface area contributed by atoms with E-state index in [4.69, 9.17) is 10.5 Å². The monoisotopic (exact) mass is 347 g/mol. The molecule has 136 valence electrons. The van der Waals surface area contributed by atoms with Crippen LogP contribution in [-0.4, -0.2) is 30.5 Å². The van der Waals surface area contributed by atoms with Crippen molar-refractivity contribution in [1.82, 2.24) is 10.6 Å². The highest BCUT2D eigenvalue weighted by Crippen LogP contribution is 2.23. The summed E-state index contributed by atoms with van der Waals surface area (Å²) in [6.07, 6.45) is 3.40. The van der Waals surface area contributed by atoms with Gasteiger partial charge in [-0.05, 0) is 25.7 Å². The van der Waals surface area contributed by atoms with E-state index in [0.717, 1.165) is 25.7 Å². The lowest BCUT2D eigenvalue weighted by atomic mass is 10.1. The number of benzene rings is 1. The number of nitrogens with one attached hydrogen (secondary N) is 2. The summed E-state index contributed by atoms with van der Waals surface area (Å²) in [5, 5.41) is 5.38. The number of ether oxygens (including phenoxy) is 1. The first-order valence-corrected chi connectivity index (χ1v) is 8.64. The van der Waals surface area contributed by atoms with Gasteiger partial charge >= 0.3 is 12.0 Å². The van der Waals surface area contributed by atoms with Gasteiger partial charge in [-0.15, -0.1) is 0 Å². The average molecular weight is 347 g/mol. The number of primary amides is 1. The number of hydrogen-bond acceptors (Lipinski definition) is 4. The predicted octanol–water partition coefficient (Wildman–Crippen LogP) is 1.78. The van der Waals surface area contributed by atoms with Crippen LogP contribution in [0, 0.1) is 0 Å². The first-order chi connectivity index (χ1) is 12.1. The summed E-state index contributed by atoms with van der Waals surface area (Å²) in [7, 11) is 0. The summed E-state index contributed by atoms with van der Waals surface area (Å²) in [5.41, 5.74) is 5.64. The number of amides is 3. The topological polar surface area (TPSA) is 111 Å². The summed E-state index contributed by atoms with van der Waals surface area (Å²) in [5.74, 6) is -0.671. The summed E-state index contributed by atoms with van der Waals surface area (Å²) >= 11 is 0.